The van der Waals surface area contributed by atoms with Crippen molar-refractivity contribution in [2.24, 2.45) is 0 Å². The molecule has 1 aromatic rings. The summed E-state index contributed by atoms with van der Waals surface area (Å²) in [5.74, 6) is -3.72. The van der Waals surface area contributed by atoms with Crippen molar-refractivity contribution in [3.8, 4) is 11.8 Å². The first-order chi connectivity index (χ1) is 8.04. The average Bonchev–Trinajstić information content (AvgIpc) is 2.16. The molecule has 0 fully saturated rings. The van der Waals surface area contributed by atoms with Crippen LogP contribution in [0.25, 0.3) is 0 Å². The molecule has 0 aromatic carbocycles. The van der Waals surface area contributed by atoms with Crippen molar-refractivity contribution >= 4 is 0 Å². The molecule has 0 saturated heterocycles. The summed E-state index contributed by atoms with van der Waals surface area (Å²) in [6, 6.07) is 0.656. The lowest BCUT2D eigenvalue weighted by molar-refractivity contribution is -0.276. The van der Waals surface area contributed by atoms with Crippen LogP contribution in [0, 0.1) is 17.3 Å². The van der Waals surface area contributed by atoms with Gasteiger partial charge in [-0.1, -0.05) is 0 Å². The number of hydrogen-bond acceptors (Lipinski definition) is 3. The van der Waals surface area contributed by atoms with Gasteiger partial charge in [0.2, 0.25) is 0 Å². The van der Waals surface area contributed by atoms with E-state index in [9.17, 15) is 30.7 Å². The van der Waals surface area contributed by atoms with E-state index in [1.54, 1.807) is 0 Å². The van der Waals surface area contributed by atoms with E-state index in [2.05, 4.69) is 9.72 Å². The fraction of sp³-hybridized carbons (Fsp3) is 0.250. The standard InChI is InChI=1S/C8HF7N2O/c9-6-5(18-8(13,14)15)1-3(7(10,11)12)4(2-16)17-6/h1H. The molecule has 0 aliphatic rings. The third-order valence-electron chi connectivity index (χ3n) is 1.58. The predicted molar refractivity (Wildman–Crippen MR) is 40.6 cm³/mol. The van der Waals surface area contributed by atoms with Gasteiger partial charge < -0.3 is 4.74 Å². The number of halogens is 7. The second-order valence-corrected chi connectivity index (χ2v) is 2.83. The van der Waals surface area contributed by atoms with Crippen molar-refractivity contribution in [2.45, 2.75) is 12.5 Å². The van der Waals surface area contributed by atoms with E-state index in [-0.39, 0.29) is 6.07 Å². The Morgan fingerprint density at radius 3 is 2.11 bits per heavy atom. The first-order valence-electron chi connectivity index (χ1n) is 3.98. The van der Waals surface area contributed by atoms with Crippen LogP contribution < -0.4 is 4.74 Å². The molecule has 1 aromatic heterocycles. The van der Waals surface area contributed by atoms with Gasteiger partial charge in [0.05, 0.1) is 5.56 Å². The van der Waals surface area contributed by atoms with Crippen molar-refractivity contribution in [2.75, 3.05) is 0 Å². The highest BCUT2D eigenvalue weighted by Gasteiger charge is 2.38. The minimum atomic E-state index is -5.38. The Kier molecular flexibility index (Phi) is 3.36. The molecule has 0 saturated carbocycles. The van der Waals surface area contributed by atoms with Crippen LogP contribution in [-0.2, 0) is 6.18 Å². The number of nitriles is 1. The highest BCUT2D eigenvalue weighted by atomic mass is 19.4. The normalized spacial score (nSPS) is 12.1. The quantitative estimate of drug-likeness (QED) is 0.584. The minimum Gasteiger partial charge on any atom is -0.401 e. The largest absolute Gasteiger partial charge is 0.573 e. The molecule has 0 aliphatic heterocycles. The Morgan fingerprint density at radius 1 is 1.17 bits per heavy atom. The molecule has 98 valence electrons. The molecule has 0 amide bonds. The third-order valence-corrected chi connectivity index (χ3v) is 1.58. The summed E-state index contributed by atoms with van der Waals surface area (Å²) < 4.78 is 88.2. The summed E-state index contributed by atoms with van der Waals surface area (Å²) in [6.07, 6.45) is -10.5. The fourth-order valence-electron chi connectivity index (χ4n) is 0.970. The number of hydrogen-bond donors (Lipinski definition) is 0. The maximum atomic E-state index is 12.9. The van der Waals surface area contributed by atoms with E-state index in [4.69, 9.17) is 5.26 Å². The zero-order valence-electron chi connectivity index (χ0n) is 8.03. The van der Waals surface area contributed by atoms with Crippen LogP contribution in [0.4, 0.5) is 30.7 Å². The Hall–Kier alpha value is -2.05. The van der Waals surface area contributed by atoms with E-state index in [0.717, 1.165) is 6.07 Å². The van der Waals surface area contributed by atoms with E-state index in [1.165, 1.54) is 0 Å². The lowest BCUT2D eigenvalue weighted by atomic mass is 10.2. The van der Waals surface area contributed by atoms with Gasteiger partial charge >= 0.3 is 12.5 Å². The van der Waals surface area contributed by atoms with Gasteiger partial charge in [-0.25, -0.2) is 4.98 Å². The van der Waals surface area contributed by atoms with Crippen LogP contribution in [0.15, 0.2) is 6.07 Å². The van der Waals surface area contributed by atoms with Gasteiger partial charge in [0.1, 0.15) is 6.07 Å². The Bertz CT molecular complexity index is 500. The van der Waals surface area contributed by atoms with Crippen molar-refractivity contribution in [1.82, 2.24) is 4.98 Å². The Morgan fingerprint density at radius 2 is 1.72 bits per heavy atom. The molecule has 0 aliphatic carbocycles. The first kappa shape index (κ1) is 14.0. The van der Waals surface area contributed by atoms with Gasteiger partial charge in [-0.15, -0.1) is 13.2 Å². The van der Waals surface area contributed by atoms with Crippen LogP contribution in [0.5, 0.6) is 5.75 Å². The van der Waals surface area contributed by atoms with Gasteiger partial charge in [-0.05, 0) is 0 Å². The van der Waals surface area contributed by atoms with Crippen molar-refractivity contribution < 1.29 is 35.5 Å². The molecular formula is C8HF7N2O. The molecule has 0 N–H and O–H groups in total. The van der Waals surface area contributed by atoms with Crippen LogP contribution in [0.2, 0.25) is 0 Å². The summed E-state index contributed by atoms with van der Waals surface area (Å²) >= 11 is 0. The summed E-state index contributed by atoms with van der Waals surface area (Å²) in [7, 11) is 0. The van der Waals surface area contributed by atoms with E-state index in [1.807, 2.05) is 0 Å². The van der Waals surface area contributed by atoms with Gasteiger partial charge in [0.15, 0.2) is 11.4 Å². The van der Waals surface area contributed by atoms with Crippen LogP contribution in [-0.4, -0.2) is 11.3 Å². The summed E-state index contributed by atoms with van der Waals surface area (Å²) in [5, 5.41) is 8.29. The van der Waals surface area contributed by atoms with Crippen molar-refractivity contribution in [3.05, 3.63) is 23.3 Å². The van der Waals surface area contributed by atoms with Crippen LogP contribution in [0.1, 0.15) is 11.3 Å². The molecule has 0 unspecified atom stereocenters. The molecule has 1 heterocycles. The zero-order valence-corrected chi connectivity index (χ0v) is 8.03. The zero-order chi connectivity index (χ0) is 14.1. The predicted octanol–water partition coefficient (Wildman–Crippen LogP) is 3.01. The molecule has 0 radical (unpaired) electrons. The van der Waals surface area contributed by atoms with E-state index >= 15 is 0 Å². The van der Waals surface area contributed by atoms with Gasteiger partial charge in [0, 0.05) is 6.07 Å². The lowest BCUT2D eigenvalue weighted by Crippen LogP contribution is -2.20. The molecule has 0 spiro atoms. The monoisotopic (exact) mass is 274 g/mol. The molecule has 0 bridgehead atoms. The number of alkyl halides is 6. The number of rotatable bonds is 1. The Balaban J connectivity index is 3.37. The van der Waals surface area contributed by atoms with Crippen LogP contribution in [0.3, 0.4) is 0 Å². The summed E-state index contributed by atoms with van der Waals surface area (Å²) in [4.78, 5) is 2.47. The molecular weight excluding hydrogens is 273 g/mol. The highest BCUT2D eigenvalue weighted by molar-refractivity contribution is 5.39. The van der Waals surface area contributed by atoms with Gasteiger partial charge in [-0.3, -0.25) is 0 Å². The second-order valence-electron chi connectivity index (χ2n) is 2.83. The minimum absolute atomic E-state index is 0.269. The van der Waals surface area contributed by atoms with Crippen LogP contribution >= 0.6 is 0 Å². The summed E-state index contributed by atoms with van der Waals surface area (Å²) in [6.45, 7) is 0. The topological polar surface area (TPSA) is 45.9 Å². The average molecular weight is 274 g/mol. The Labute approximate surface area is 94.4 Å². The first-order valence-corrected chi connectivity index (χ1v) is 3.98. The molecule has 0 atom stereocenters. The van der Waals surface area contributed by atoms with E-state index < -0.39 is 35.5 Å². The number of nitrogens with zero attached hydrogens (tertiary/aromatic N) is 2. The maximum absolute atomic E-state index is 12.9. The smallest absolute Gasteiger partial charge is 0.401 e. The number of ether oxygens (including phenoxy) is 1. The molecule has 1 rings (SSSR count). The van der Waals surface area contributed by atoms with Gasteiger partial charge in [-0.2, -0.15) is 22.8 Å². The molecule has 10 heteroatoms. The SMILES string of the molecule is N#Cc1nc(F)c(OC(F)(F)F)cc1C(F)(F)F. The van der Waals surface area contributed by atoms with Gasteiger partial charge in [0.25, 0.3) is 5.95 Å². The van der Waals surface area contributed by atoms with Crippen molar-refractivity contribution in [1.29, 1.82) is 5.26 Å². The van der Waals surface area contributed by atoms with Crippen molar-refractivity contribution in [3.63, 3.8) is 0 Å². The lowest BCUT2D eigenvalue weighted by Gasteiger charge is -2.13. The van der Waals surface area contributed by atoms with E-state index in [0.29, 0.717) is 0 Å². The summed E-state index contributed by atoms with van der Waals surface area (Å²) in [5.41, 5.74) is -3.19. The second kappa shape index (κ2) is 4.32. The molecule has 3 nitrogen and oxygen atoms in total. The highest BCUT2D eigenvalue weighted by Crippen LogP contribution is 2.35. The number of pyridine rings is 1. The number of aromatic nitrogens is 1. The third kappa shape index (κ3) is 3.22. The fourth-order valence-corrected chi connectivity index (χ4v) is 0.970. The molecule has 18 heavy (non-hydrogen) atoms. The maximum Gasteiger partial charge on any atom is 0.573 e.